The minimum absolute atomic E-state index is 0.0370. The van der Waals surface area contributed by atoms with Crippen LogP contribution in [0.3, 0.4) is 0 Å². The molecule has 0 aromatic carbocycles. The fraction of sp³-hybridized carbons (Fsp3) is 0.688. The number of aromatic nitrogens is 2. The van der Waals surface area contributed by atoms with Crippen LogP contribution in [0, 0.1) is 11.3 Å². The van der Waals surface area contributed by atoms with Crippen molar-refractivity contribution in [1.29, 1.82) is 0 Å². The van der Waals surface area contributed by atoms with Crippen LogP contribution in [0.4, 0.5) is 5.82 Å². The van der Waals surface area contributed by atoms with E-state index in [0.29, 0.717) is 13.1 Å². The second-order valence-corrected chi connectivity index (χ2v) is 6.89. The van der Waals surface area contributed by atoms with Crippen LogP contribution >= 0.6 is 0 Å². The Morgan fingerprint density at radius 2 is 2.09 bits per heavy atom. The summed E-state index contributed by atoms with van der Waals surface area (Å²) in [6.07, 6.45) is 6.88. The van der Waals surface area contributed by atoms with E-state index < -0.39 is 0 Å². The Bertz CT molecular complexity index is 483. The number of carbonyl (C=O) groups excluding carboxylic acids is 1. The molecule has 22 heavy (non-hydrogen) atoms. The molecule has 2 N–H and O–H groups in total. The largest absolute Gasteiger partial charge is 0.355 e. The molecule has 2 heterocycles. The Morgan fingerprint density at radius 3 is 2.64 bits per heavy atom. The van der Waals surface area contributed by atoms with E-state index in [4.69, 9.17) is 5.73 Å². The highest BCUT2D eigenvalue weighted by atomic mass is 16.2. The van der Waals surface area contributed by atoms with Crippen molar-refractivity contribution in [2.75, 3.05) is 38.1 Å². The maximum atomic E-state index is 12.6. The van der Waals surface area contributed by atoms with Crippen molar-refractivity contribution in [3.05, 3.63) is 18.6 Å². The van der Waals surface area contributed by atoms with E-state index in [-0.39, 0.29) is 17.2 Å². The van der Waals surface area contributed by atoms with E-state index in [1.165, 1.54) is 0 Å². The third-order valence-electron chi connectivity index (χ3n) is 4.31. The maximum Gasteiger partial charge on any atom is 0.225 e. The summed E-state index contributed by atoms with van der Waals surface area (Å²) in [5.74, 6) is 1.23. The predicted molar refractivity (Wildman–Crippen MR) is 87.4 cm³/mol. The lowest BCUT2D eigenvalue weighted by atomic mass is 9.91. The van der Waals surface area contributed by atoms with Gasteiger partial charge in [0.05, 0.1) is 6.20 Å². The molecule has 1 aromatic heterocycles. The first kappa shape index (κ1) is 16.7. The average Bonchev–Trinajstić information content (AvgIpc) is 2.55. The Balaban J connectivity index is 1.87. The van der Waals surface area contributed by atoms with Crippen LogP contribution in [0.25, 0.3) is 0 Å². The minimum atomic E-state index is -0.0370. The third kappa shape index (κ3) is 4.16. The lowest BCUT2D eigenvalue weighted by molar-refractivity contribution is -0.136. The van der Waals surface area contributed by atoms with E-state index >= 15 is 0 Å². The van der Waals surface area contributed by atoms with Crippen molar-refractivity contribution < 1.29 is 4.79 Å². The molecule has 1 saturated heterocycles. The van der Waals surface area contributed by atoms with Gasteiger partial charge in [-0.1, -0.05) is 13.8 Å². The van der Waals surface area contributed by atoms with Gasteiger partial charge in [0.2, 0.25) is 5.91 Å². The summed E-state index contributed by atoms with van der Waals surface area (Å²) in [6.45, 7) is 7.16. The van der Waals surface area contributed by atoms with E-state index in [9.17, 15) is 4.79 Å². The second-order valence-electron chi connectivity index (χ2n) is 6.89. The van der Waals surface area contributed by atoms with Gasteiger partial charge in [0, 0.05) is 45.0 Å². The molecule has 1 amide bonds. The number of piperidine rings is 1. The Labute approximate surface area is 132 Å². The van der Waals surface area contributed by atoms with Crippen LogP contribution in [0.1, 0.15) is 26.7 Å². The van der Waals surface area contributed by atoms with Gasteiger partial charge >= 0.3 is 0 Å². The average molecular weight is 305 g/mol. The summed E-state index contributed by atoms with van der Waals surface area (Å²) in [6, 6.07) is 0. The lowest BCUT2D eigenvalue weighted by Gasteiger charge is -2.35. The predicted octanol–water partition coefficient (Wildman–Crippen LogP) is 1.14. The zero-order chi connectivity index (χ0) is 16.2. The van der Waals surface area contributed by atoms with Crippen molar-refractivity contribution >= 4 is 11.7 Å². The molecule has 0 bridgehead atoms. The molecule has 0 unspecified atom stereocenters. The summed E-state index contributed by atoms with van der Waals surface area (Å²) < 4.78 is 0. The van der Waals surface area contributed by atoms with Crippen molar-refractivity contribution in [3.63, 3.8) is 0 Å². The van der Waals surface area contributed by atoms with Gasteiger partial charge in [-0.05, 0) is 24.8 Å². The SMILES string of the molecule is CN(CC(C)(C)CN)C(=O)C1CCN(c2cnccn2)CC1. The van der Waals surface area contributed by atoms with E-state index in [2.05, 4.69) is 28.7 Å². The molecule has 1 aliphatic rings. The highest BCUT2D eigenvalue weighted by Crippen LogP contribution is 2.24. The molecule has 6 heteroatoms. The molecule has 1 aromatic rings. The minimum Gasteiger partial charge on any atom is -0.355 e. The smallest absolute Gasteiger partial charge is 0.225 e. The van der Waals surface area contributed by atoms with Gasteiger partial charge in [-0.25, -0.2) is 4.98 Å². The number of amides is 1. The van der Waals surface area contributed by atoms with Crippen LogP contribution in [0.5, 0.6) is 0 Å². The number of carbonyl (C=O) groups is 1. The summed E-state index contributed by atoms with van der Waals surface area (Å²) in [5.41, 5.74) is 5.72. The molecule has 2 rings (SSSR count). The lowest BCUT2D eigenvalue weighted by Crippen LogP contribution is -2.45. The summed E-state index contributed by atoms with van der Waals surface area (Å²) in [5, 5.41) is 0. The molecule has 0 spiro atoms. The zero-order valence-electron chi connectivity index (χ0n) is 13.8. The number of hydrogen-bond donors (Lipinski definition) is 1. The quantitative estimate of drug-likeness (QED) is 0.883. The van der Waals surface area contributed by atoms with Gasteiger partial charge < -0.3 is 15.5 Å². The molecule has 0 radical (unpaired) electrons. The van der Waals surface area contributed by atoms with Crippen LogP contribution in [0.2, 0.25) is 0 Å². The van der Waals surface area contributed by atoms with Crippen LogP contribution in [-0.4, -0.2) is 54.0 Å². The zero-order valence-corrected chi connectivity index (χ0v) is 13.8. The number of nitrogens with zero attached hydrogens (tertiary/aromatic N) is 4. The molecule has 1 aliphatic heterocycles. The molecule has 122 valence electrons. The number of nitrogens with two attached hydrogens (primary N) is 1. The monoisotopic (exact) mass is 305 g/mol. The first-order chi connectivity index (χ1) is 10.4. The van der Waals surface area contributed by atoms with E-state index in [1.54, 1.807) is 18.6 Å². The second kappa shape index (κ2) is 7.05. The Hall–Kier alpha value is -1.69. The van der Waals surface area contributed by atoms with Gasteiger partial charge in [-0.15, -0.1) is 0 Å². The normalized spacial score (nSPS) is 16.6. The number of hydrogen-bond acceptors (Lipinski definition) is 5. The fourth-order valence-electron chi connectivity index (χ4n) is 2.91. The summed E-state index contributed by atoms with van der Waals surface area (Å²) >= 11 is 0. The standard InChI is InChI=1S/C16H27N5O/c1-16(2,11-17)12-20(3)15(22)13-4-8-21(9-5-13)14-10-18-6-7-19-14/h6-7,10,13H,4-5,8-9,11-12,17H2,1-3H3. The van der Waals surface area contributed by atoms with Crippen LogP contribution in [0.15, 0.2) is 18.6 Å². The van der Waals surface area contributed by atoms with Crippen molar-refractivity contribution in [3.8, 4) is 0 Å². The molecule has 0 atom stereocenters. The van der Waals surface area contributed by atoms with Gasteiger partial charge in [0.1, 0.15) is 5.82 Å². The first-order valence-electron chi connectivity index (χ1n) is 7.89. The topological polar surface area (TPSA) is 75.3 Å². The Morgan fingerprint density at radius 1 is 1.41 bits per heavy atom. The molecule has 6 nitrogen and oxygen atoms in total. The number of rotatable bonds is 5. The van der Waals surface area contributed by atoms with Crippen LogP contribution in [-0.2, 0) is 4.79 Å². The molecule has 0 saturated carbocycles. The first-order valence-corrected chi connectivity index (χ1v) is 7.89. The molecular weight excluding hydrogens is 278 g/mol. The van der Waals surface area contributed by atoms with Crippen molar-refractivity contribution in [2.45, 2.75) is 26.7 Å². The molecule has 0 aliphatic carbocycles. The van der Waals surface area contributed by atoms with E-state index in [1.807, 2.05) is 11.9 Å². The highest BCUT2D eigenvalue weighted by Gasteiger charge is 2.29. The number of anilines is 1. The molecule has 1 fully saturated rings. The van der Waals surface area contributed by atoms with Crippen molar-refractivity contribution in [1.82, 2.24) is 14.9 Å². The van der Waals surface area contributed by atoms with Gasteiger partial charge in [0.25, 0.3) is 0 Å². The third-order valence-corrected chi connectivity index (χ3v) is 4.31. The Kier molecular flexibility index (Phi) is 5.34. The fourth-order valence-corrected chi connectivity index (χ4v) is 2.91. The highest BCUT2D eigenvalue weighted by molar-refractivity contribution is 5.79. The maximum absolute atomic E-state index is 12.6. The van der Waals surface area contributed by atoms with E-state index in [0.717, 1.165) is 31.7 Å². The van der Waals surface area contributed by atoms with Crippen molar-refractivity contribution in [2.24, 2.45) is 17.1 Å². The summed E-state index contributed by atoms with van der Waals surface area (Å²) in [7, 11) is 1.88. The van der Waals surface area contributed by atoms with Gasteiger partial charge in [-0.2, -0.15) is 0 Å². The molecular formula is C16H27N5O. The van der Waals surface area contributed by atoms with Gasteiger partial charge in [-0.3, -0.25) is 9.78 Å². The summed E-state index contributed by atoms with van der Waals surface area (Å²) in [4.78, 5) is 25.0. The van der Waals surface area contributed by atoms with Gasteiger partial charge in [0.15, 0.2) is 0 Å². The van der Waals surface area contributed by atoms with Crippen LogP contribution < -0.4 is 10.6 Å².